The molecule has 3 rings (SSSR count). The van der Waals surface area contributed by atoms with Crippen molar-refractivity contribution in [2.45, 2.75) is 57.8 Å². The zero-order chi connectivity index (χ0) is 16.2. The highest BCUT2D eigenvalue weighted by Gasteiger charge is 2.23. The van der Waals surface area contributed by atoms with Gasteiger partial charge in [-0.1, -0.05) is 19.8 Å². The Bertz CT molecular complexity index is 534. The molecule has 1 aliphatic carbocycles. The largest absolute Gasteiger partial charge is 0.381 e. The number of aromatic nitrogens is 2. The number of nitrogens with one attached hydrogen (secondary N) is 1. The molecule has 5 nitrogen and oxygen atoms in total. The van der Waals surface area contributed by atoms with Gasteiger partial charge in [0.25, 0.3) is 0 Å². The first kappa shape index (κ1) is 16.5. The first-order valence-corrected chi connectivity index (χ1v) is 9.03. The van der Waals surface area contributed by atoms with E-state index in [0.717, 1.165) is 43.5 Å². The minimum Gasteiger partial charge on any atom is -0.381 e. The summed E-state index contributed by atoms with van der Waals surface area (Å²) in [6.07, 6.45) is 7.78. The van der Waals surface area contributed by atoms with Crippen molar-refractivity contribution in [1.82, 2.24) is 9.78 Å². The molecule has 128 valence electrons. The smallest absolute Gasteiger partial charge is 0.225 e. The monoisotopic (exact) mass is 319 g/mol. The summed E-state index contributed by atoms with van der Waals surface area (Å²) in [6.45, 7) is 3.89. The summed E-state index contributed by atoms with van der Waals surface area (Å²) in [5.41, 5.74) is 1.04. The van der Waals surface area contributed by atoms with Crippen LogP contribution in [0.3, 0.4) is 0 Å². The van der Waals surface area contributed by atoms with Gasteiger partial charge in [0, 0.05) is 32.1 Å². The van der Waals surface area contributed by atoms with Gasteiger partial charge in [0.05, 0.1) is 12.3 Å². The van der Waals surface area contributed by atoms with Gasteiger partial charge >= 0.3 is 0 Å². The highest BCUT2D eigenvalue weighted by Crippen LogP contribution is 2.31. The van der Waals surface area contributed by atoms with Gasteiger partial charge in [0.2, 0.25) is 5.91 Å². The third-order valence-corrected chi connectivity index (χ3v) is 5.26. The van der Waals surface area contributed by atoms with Crippen LogP contribution in [0, 0.1) is 11.8 Å². The molecule has 3 atom stereocenters. The van der Waals surface area contributed by atoms with Crippen LogP contribution in [0.15, 0.2) is 6.07 Å². The van der Waals surface area contributed by atoms with Crippen LogP contribution in [0.2, 0.25) is 0 Å². The summed E-state index contributed by atoms with van der Waals surface area (Å²) in [4.78, 5) is 12.3. The van der Waals surface area contributed by atoms with Crippen molar-refractivity contribution in [3.63, 3.8) is 0 Å². The molecule has 1 N–H and O–H groups in total. The van der Waals surface area contributed by atoms with E-state index >= 15 is 0 Å². The van der Waals surface area contributed by atoms with Gasteiger partial charge in [-0.25, -0.2) is 0 Å². The Balaban J connectivity index is 1.56. The number of hydrogen-bond acceptors (Lipinski definition) is 3. The van der Waals surface area contributed by atoms with E-state index in [-0.39, 0.29) is 5.91 Å². The van der Waals surface area contributed by atoms with Gasteiger partial charge in [0.15, 0.2) is 0 Å². The van der Waals surface area contributed by atoms with Gasteiger partial charge in [-0.3, -0.25) is 9.48 Å². The third kappa shape index (κ3) is 4.34. The summed E-state index contributed by atoms with van der Waals surface area (Å²) in [5, 5.41) is 7.62. The molecular weight excluding hydrogens is 290 g/mol. The zero-order valence-electron chi connectivity index (χ0n) is 14.4. The van der Waals surface area contributed by atoms with Crippen LogP contribution in [-0.2, 0) is 16.6 Å². The van der Waals surface area contributed by atoms with Gasteiger partial charge in [-0.15, -0.1) is 0 Å². The molecule has 1 saturated heterocycles. The predicted molar refractivity (Wildman–Crippen MR) is 90.4 cm³/mol. The Morgan fingerprint density at radius 1 is 1.39 bits per heavy atom. The summed E-state index contributed by atoms with van der Waals surface area (Å²) in [6, 6.07) is 2.01. The highest BCUT2D eigenvalue weighted by molar-refractivity contribution is 5.90. The SMILES string of the molecule is C[C@@H]1CCC[C@H](CC(=O)Nc2cc([C@@H]3CCCOC3)nn2C)C1. The maximum absolute atomic E-state index is 12.3. The van der Waals surface area contributed by atoms with Crippen molar-refractivity contribution in [3.05, 3.63) is 11.8 Å². The lowest BCUT2D eigenvalue weighted by molar-refractivity contribution is -0.117. The minimum atomic E-state index is 0.124. The van der Waals surface area contributed by atoms with Gasteiger partial charge in [0.1, 0.15) is 5.82 Å². The van der Waals surface area contributed by atoms with Crippen LogP contribution in [0.4, 0.5) is 5.82 Å². The maximum Gasteiger partial charge on any atom is 0.225 e. The third-order valence-electron chi connectivity index (χ3n) is 5.26. The summed E-state index contributed by atoms with van der Waals surface area (Å²) < 4.78 is 7.32. The van der Waals surface area contributed by atoms with Gasteiger partial charge in [-0.2, -0.15) is 5.10 Å². The average molecular weight is 319 g/mol. The minimum absolute atomic E-state index is 0.124. The Hall–Kier alpha value is -1.36. The molecule has 1 aliphatic heterocycles. The van der Waals surface area contributed by atoms with E-state index in [9.17, 15) is 4.79 Å². The van der Waals surface area contributed by atoms with Crippen LogP contribution >= 0.6 is 0 Å². The number of amides is 1. The first-order chi connectivity index (χ1) is 11.1. The van der Waals surface area contributed by atoms with Crippen molar-refractivity contribution in [2.75, 3.05) is 18.5 Å². The fraction of sp³-hybridized carbons (Fsp3) is 0.778. The van der Waals surface area contributed by atoms with Crippen LogP contribution in [-0.4, -0.2) is 28.9 Å². The molecule has 2 heterocycles. The normalized spacial score (nSPS) is 28.5. The van der Waals surface area contributed by atoms with Crippen LogP contribution < -0.4 is 5.32 Å². The van der Waals surface area contributed by atoms with E-state index in [1.807, 2.05) is 13.1 Å². The number of hydrogen-bond donors (Lipinski definition) is 1. The summed E-state index contributed by atoms with van der Waals surface area (Å²) >= 11 is 0. The molecule has 2 fully saturated rings. The fourth-order valence-electron chi connectivity index (χ4n) is 3.98. The van der Waals surface area contributed by atoms with E-state index in [1.165, 1.54) is 25.7 Å². The number of aryl methyl sites for hydroxylation is 1. The van der Waals surface area contributed by atoms with E-state index in [4.69, 9.17) is 4.74 Å². The molecule has 1 amide bonds. The predicted octanol–water partition coefficient (Wildman–Crippen LogP) is 3.47. The topological polar surface area (TPSA) is 56.1 Å². The zero-order valence-corrected chi connectivity index (χ0v) is 14.4. The van der Waals surface area contributed by atoms with Crippen molar-refractivity contribution >= 4 is 11.7 Å². The highest BCUT2D eigenvalue weighted by atomic mass is 16.5. The molecule has 23 heavy (non-hydrogen) atoms. The molecule has 0 unspecified atom stereocenters. The van der Waals surface area contributed by atoms with Crippen molar-refractivity contribution in [1.29, 1.82) is 0 Å². The van der Waals surface area contributed by atoms with Crippen molar-refractivity contribution < 1.29 is 9.53 Å². The molecule has 1 aromatic rings. The summed E-state index contributed by atoms with van der Waals surface area (Å²) in [5.74, 6) is 2.59. The summed E-state index contributed by atoms with van der Waals surface area (Å²) in [7, 11) is 1.89. The van der Waals surface area contributed by atoms with Crippen LogP contribution in [0.25, 0.3) is 0 Å². The van der Waals surface area contributed by atoms with E-state index in [0.29, 0.717) is 18.3 Å². The Kier molecular flexibility index (Phi) is 5.36. The maximum atomic E-state index is 12.3. The number of carbonyl (C=O) groups excluding carboxylic acids is 1. The molecule has 0 bridgehead atoms. The molecule has 0 radical (unpaired) electrons. The molecule has 0 aromatic carbocycles. The molecule has 1 aromatic heterocycles. The number of nitrogens with zero attached hydrogens (tertiary/aromatic N) is 2. The van der Waals surface area contributed by atoms with Gasteiger partial charge in [-0.05, 0) is 37.5 Å². The van der Waals surface area contributed by atoms with E-state index < -0.39 is 0 Å². The van der Waals surface area contributed by atoms with Gasteiger partial charge < -0.3 is 10.1 Å². The Labute approximate surface area is 138 Å². The second-order valence-electron chi connectivity index (χ2n) is 7.38. The lowest BCUT2D eigenvalue weighted by Gasteiger charge is -2.26. The molecule has 5 heteroatoms. The lowest BCUT2D eigenvalue weighted by Crippen LogP contribution is -2.21. The quantitative estimate of drug-likeness (QED) is 0.924. The fourth-order valence-corrected chi connectivity index (χ4v) is 3.98. The van der Waals surface area contributed by atoms with E-state index in [2.05, 4.69) is 17.3 Å². The number of ether oxygens (including phenoxy) is 1. The van der Waals surface area contributed by atoms with E-state index in [1.54, 1.807) is 4.68 Å². The Morgan fingerprint density at radius 3 is 3.00 bits per heavy atom. The number of anilines is 1. The average Bonchev–Trinajstić information content (AvgIpc) is 2.89. The molecular formula is C18H29N3O2. The standard InChI is InChI=1S/C18H29N3O2/c1-13-5-3-6-14(9-13)10-18(22)19-17-11-16(20-21(17)2)15-7-4-8-23-12-15/h11,13-15H,3-10,12H2,1-2H3,(H,19,22)/t13-,14+,15-/m1/s1. The van der Waals surface area contributed by atoms with Crippen molar-refractivity contribution in [2.24, 2.45) is 18.9 Å². The Morgan fingerprint density at radius 2 is 2.26 bits per heavy atom. The lowest BCUT2D eigenvalue weighted by atomic mass is 9.81. The van der Waals surface area contributed by atoms with Crippen LogP contribution in [0.1, 0.15) is 63.5 Å². The molecule has 2 aliphatic rings. The number of carbonyl (C=O) groups is 1. The molecule has 0 spiro atoms. The van der Waals surface area contributed by atoms with Crippen molar-refractivity contribution in [3.8, 4) is 0 Å². The van der Waals surface area contributed by atoms with Crippen LogP contribution in [0.5, 0.6) is 0 Å². The second-order valence-corrected chi connectivity index (χ2v) is 7.38. The first-order valence-electron chi connectivity index (χ1n) is 9.03. The number of rotatable bonds is 4. The molecule has 1 saturated carbocycles. The second kappa shape index (κ2) is 7.47.